The van der Waals surface area contributed by atoms with Crippen LogP contribution in [-0.2, 0) is 13.0 Å². The molecule has 0 aromatic carbocycles. The maximum atomic E-state index is 9.03. The fourth-order valence-corrected chi connectivity index (χ4v) is 2.80. The number of aryl methyl sites for hydroxylation is 1. The molecule has 1 saturated heterocycles. The second-order valence-electron chi connectivity index (χ2n) is 5.46. The van der Waals surface area contributed by atoms with E-state index in [1.54, 1.807) is 0 Å². The van der Waals surface area contributed by atoms with Gasteiger partial charge in [0.05, 0.1) is 6.61 Å². The minimum absolute atomic E-state index is 0.00685. The third-order valence-corrected chi connectivity index (χ3v) is 3.87. The van der Waals surface area contributed by atoms with Crippen molar-refractivity contribution in [3.8, 4) is 5.88 Å². The van der Waals surface area contributed by atoms with Crippen LogP contribution in [0.3, 0.4) is 0 Å². The van der Waals surface area contributed by atoms with E-state index in [2.05, 4.69) is 26.5 Å². The topological polar surface area (TPSA) is 74.9 Å². The highest BCUT2D eigenvalue weighted by Gasteiger charge is 2.15. The number of hydrogen-bond donors (Lipinski definition) is 2. The van der Waals surface area contributed by atoms with Crippen molar-refractivity contribution >= 4 is 5.65 Å². The van der Waals surface area contributed by atoms with Gasteiger partial charge in [0.15, 0.2) is 5.65 Å². The zero-order valence-corrected chi connectivity index (χ0v) is 13.0. The number of nitrogens with zero attached hydrogens (tertiary/aromatic N) is 4. The van der Waals surface area contributed by atoms with Crippen molar-refractivity contribution in [2.24, 2.45) is 0 Å². The lowest BCUT2D eigenvalue weighted by molar-refractivity contribution is 0.194. The standard InChI is InChI=1S/C15H23N5O2/c1-2-13-17-18-14-9-12(11-19-5-3-16-4-6-19)10-15(20(13)14)22-8-7-21/h9-10,16,21H,2-8,11H2,1H3. The Morgan fingerprint density at radius 1 is 1.27 bits per heavy atom. The van der Waals surface area contributed by atoms with Crippen molar-refractivity contribution in [3.63, 3.8) is 0 Å². The van der Waals surface area contributed by atoms with Crippen molar-refractivity contribution in [3.05, 3.63) is 23.5 Å². The van der Waals surface area contributed by atoms with Gasteiger partial charge in [0.2, 0.25) is 5.88 Å². The number of pyridine rings is 1. The molecular weight excluding hydrogens is 282 g/mol. The molecule has 0 amide bonds. The lowest BCUT2D eigenvalue weighted by Crippen LogP contribution is -2.42. The summed E-state index contributed by atoms with van der Waals surface area (Å²) in [6, 6.07) is 4.10. The highest BCUT2D eigenvalue weighted by Crippen LogP contribution is 2.21. The number of hydrogen-bond acceptors (Lipinski definition) is 6. The van der Waals surface area contributed by atoms with E-state index in [1.165, 1.54) is 0 Å². The molecule has 7 nitrogen and oxygen atoms in total. The van der Waals surface area contributed by atoms with Crippen LogP contribution >= 0.6 is 0 Å². The molecule has 3 heterocycles. The van der Waals surface area contributed by atoms with Gasteiger partial charge in [0.25, 0.3) is 0 Å². The number of aromatic nitrogens is 3. The van der Waals surface area contributed by atoms with E-state index in [0.717, 1.165) is 56.2 Å². The average Bonchev–Trinajstić information content (AvgIpc) is 2.96. The van der Waals surface area contributed by atoms with Crippen molar-refractivity contribution in [1.82, 2.24) is 24.8 Å². The second-order valence-corrected chi connectivity index (χ2v) is 5.46. The molecule has 2 N–H and O–H groups in total. The van der Waals surface area contributed by atoms with E-state index in [0.29, 0.717) is 5.88 Å². The molecule has 2 aromatic rings. The van der Waals surface area contributed by atoms with Gasteiger partial charge in [0.1, 0.15) is 12.4 Å². The molecule has 0 spiro atoms. The van der Waals surface area contributed by atoms with Gasteiger partial charge in [-0.05, 0) is 11.6 Å². The summed E-state index contributed by atoms with van der Waals surface area (Å²) >= 11 is 0. The molecule has 7 heteroatoms. The van der Waals surface area contributed by atoms with Gasteiger partial charge in [-0.15, -0.1) is 10.2 Å². The third kappa shape index (κ3) is 3.21. The van der Waals surface area contributed by atoms with Crippen LogP contribution in [0.1, 0.15) is 18.3 Å². The number of nitrogens with one attached hydrogen (secondary N) is 1. The molecule has 0 saturated carbocycles. The molecule has 0 atom stereocenters. The second kappa shape index (κ2) is 7.04. The normalized spacial score (nSPS) is 16.3. The van der Waals surface area contributed by atoms with Gasteiger partial charge in [-0.1, -0.05) is 6.92 Å². The first-order chi connectivity index (χ1) is 10.8. The van der Waals surface area contributed by atoms with Gasteiger partial charge >= 0.3 is 0 Å². The predicted molar refractivity (Wildman–Crippen MR) is 83.1 cm³/mol. The third-order valence-electron chi connectivity index (χ3n) is 3.87. The Morgan fingerprint density at radius 3 is 2.82 bits per heavy atom. The van der Waals surface area contributed by atoms with Crippen LogP contribution in [0.15, 0.2) is 12.1 Å². The van der Waals surface area contributed by atoms with E-state index in [4.69, 9.17) is 9.84 Å². The van der Waals surface area contributed by atoms with Crippen LogP contribution in [-0.4, -0.2) is 64.0 Å². The SMILES string of the molecule is CCc1nnc2cc(CN3CCNCC3)cc(OCCO)n12. The Bertz CT molecular complexity index is 622. The Balaban J connectivity index is 1.90. The van der Waals surface area contributed by atoms with Crippen LogP contribution in [0.4, 0.5) is 0 Å². The van der Waals surface area contributed by atoms with Gasteiger partial charge in [-0.2, -0.15) is 0 Å². The molecule has 0 radical (unpaired) electrons. The molecule has 1 aliphatic rings. The van der Waals surface area contributed by atoms with Gasteiger partial charge in [0, 0.05) is 45.2 Å². The molecule has 120 valence electrons. The van der Waals surface area contributed by atoms with Crippen LogP contribution in [0.25, 0.3) is 5.65 Å². The summed E-state index contributed by atoms with van der Waals surface area (Å²) in [6.07, 6.45) is 0.786. The van der Waals surface area contributed by atoms with Crippen LogP contribution in [0.2, 0.25) is 0 Å². The number of aliphatic hydroxyl groups is 1. The lowest BCUT2D eigenvalue weighted by atomic mass is 10.2. The summed E-state index contributed by atoms with van der Waals surface area (Å²) in [5.41, 5.74) is 1.97. The summed E-state index contributed by atoms with van der Waals surface area (Å²) in [6.45, 7) is 7.33. The first-order valence-corrected chi connectivity index (χ1v) is 7.85. The van der Waals surface area contributed by atoms with E-state index >= 15 is 0 Å². The molecule has 2 aromatic heterocycles. The molecule has 0 bridgehead atoms. The van der Waals surface area contributed by atoms with Crippen LogP contribution in [0, 0.1) is 0 Å². The summed E-state index contributed by atoms with van der Waals surface area (Å²) in [5.74, 6) is 1.58. The Morgan fingerprint density at radius 2 is 2.09 bits per heavy atom. The van der Waals surface area contributed by atoms with E-state index < -0.39 is 0 Å². The molecule has 1 aliphatic heterocycles. The summed E-state index contributed by atoms with van der Waals surface area (Å²) < 4.78 is 7.63. The van der Waals surface area contributed by atoms with E-state index in [-0.39, 0.29) is 13.2 Å². The Hall–Kier alpha value is -1.70. The van der Waals surface area contributed by atoms with Crippen molar-refractivity contribution in [2.45, 2.75) is 19.9 Å². The van der Waals surface area contributed by atoms with Gasteiger partial charge in [-0.25, -0.2) is 4.40 Å². The van der Waals surface area contributed by atoms with Gasteiger partial charge < -0.3 is 15.2 Å². The molecule has 0 aliphatic carbocycles. The number of ether oxygens (including phenoxy) is 1. The monoisotopic (exact) mass is 305 g/mol. The van der Waals surface area contributed by atoms with Crippen molar-refractivity contribution in [2.75, 3.05) is 39.4 Å². The molecule has 0 unspecified atom stereocenters. The van der Waals surface area contributed by atoms with E-state index in [9.17, 15) is 0 Å². The smallest absolute Gasteiger partial charge is 0.201 e. The number of rotatable bonds is 6. The first kappa shape index (κ1) is 15.2. The molecular formula is C15H23N5O2. The highest BCUT2D eigenvalue weighted by molar-refractivity contribution is 5.46. The zero-order chi connectivity index (χ0) is 15.4. The van der Waals surface area contributed by atoms with E-state index in [1.807, 2.05) is 17.4 Å². The maximum absolute atomic E-state index is 9.03. The maximum Gasteiger partial charge on any atom is 0.201 e. The minimum Gasteiger partial charge on any atom is -0.476 e. The molecule has 3 rings (SSSR count). The predicted octanol–water partition coefficient (Wildman–Crippen LogP) is 0.0680. The lowest BCUT2D eigenvalue weighted by Gasteiger charge is -2.27. The number of aliphatic hydroxyl groups excluding tert-OH is 1. The minimum atomic E-state index is -0.00685. The largest absolute Gasteiger partial charge is 0.476 e. The fraction of sp³-hybridized carbons (Fsp3) is 0.600. The Labute approximate surface area is 129 Å². The fourth-order valence-electron chi connectivity index (χ4n) is 2.80. The summed E-state index contributed by atoms with van der Waals surface area (Å²) in [7, 11) is 0. The van der Waals surface area contributed by atoms with Gasteiger partial charge in [-0.3, -0.25) is 4.90 Å². The first-order valence-electron chi connectivity index (χ1n) is 7.85. The Kier molecular flexibility index (Phi) is 4.87. The van der Waals surface area contributed by atoms with Crippen molar-refractivity contribution in [1.29, 1.82) is 0 Å². The molecule has 22 heavy (non-hydrogen) atoms. The zero-order valence-electron chi connectivity index (χ0n) is 13.0. The van der Waals surface area contributed by atoms with Crippen molar-refractivity contribution < 1.29 is 9.84 Å². The summed E-state index contributed by atoms with van der Waals surface area (Å²) in [4.78, 5) is 2.41. The molecule has 1 fully saturated rings. The van der Waals surface area contributed by atoms with Crippen LogP contribution < -0.4 is 10.1 Å². The number of fused-ring (bicyclic) bond motifs is 1. The summed E-state index contributed by atoms with van der Waals surface area (Å²) in [5, 5.41) is 20.9. The van der Waals surface area contributed by atoms with Crippen LogP contribution in [0.5, 0.6) is 5.88 Å². The average molecular weight is 305 g/mol. The highest BCUT2D eigenvalue weighted by atomic mass is 16.5. The number of piperazine rings is 1. The quantitative estimate of drug-likeness (QED) is 0.786.